The molecule has 0 radical (unpaired) electrons. The lowest BCUT2D eigenvalue weighted by molar-refractivity contribution is -0.112. The number of para-hydroxylation sites is 1. The molecule has 0 saturated carbocycles. The molecule has 0 aliphatic rings. The summed E-state index contributed by atoms with van der Waals surface area (Å²) in [6.07, 6.45) is 1.33. The molecule has 90 valence electrons. The number of ether oxygens (including phenoxy) is 1. The molecule has 0 bridgehead atoms. The first kappa shape index (κ1) is 12.9. The van der Waals surface area contributed by atoms with Gasteiger partial charge in [-0.2, -0.15) is 0 Å². The lowest BCUT2D eigenvalue weighted by Crippen LogP contribution is -2.23. The molecule has 0 aromatic heterocycles. The van der Waals surface area contributed by atoms with Crippen molar-refractivity contribution in [1.29, 1.82) is 0 Å². The maximum Gasteiger partial charge on any atom is 0.339 e. The predicted molar refractivity (Wildman–Crippen MR) is 61.9 cm³/mol. The lowest BCUT2D eigenvalue weighted by atomic mass is 10.1. The molecule has 1 atom stereocenters. The molecule has 5 nitrogen and oxygen atoms in total. The number of esters is 1. The Morgan fingerprint density at radius 3 is 2.71 bits per heavy atom. The van der Waals surface area contributed by atoms with Crippen LogP contribution >= 0.6 is 0 Å². The summed E-state index contributed by atoms with van der Waals surface area (Å²) in [5, 5.41) is 2.81. The lowest BCUT2D eigenvalue weighted by Gasteiger charge is -2.14. The van der Waals surface area contributed by atoms with E-state index in [2.05, 4.69) is 10.1 Å². The maximum atomic E-state index is 11.4. The fourth-order valence-corrected chi connectivity index (χ4v) is 1.35. The zero-order valence-electron chi connectivity index (χ0n) is 9.38. The summed E-state index contributed by atoms with van der Waals surface area (Å²) in [4.78, 5) is 32.5. The van der Waals surface area contributed by atoms with Crippen molar-refractivity contribution in [2.24, 2.45) is 0 Å². The van der Waals surface area contributed by atoms with Gasteiger partial charge >= 0.3 is 5.97 Å². The second-order valence-electron chi connectivity index (χ2n) is 3.33. The van der Waals surface area contributed by atoms with Crippen LogP contribution in [0.2, 0.25) is 0 Å². The first-order valence-electron chi connectivity index (χ1n) is 5.05. The molecule has 5 heteroatoms. The molecule has 0 fully saturated rings. The van der Waals surface area contributed by atoms with Gasteiger partial charge in [0.1, 0.15) is 12.6 Å². The van der Waals surface area contributed by atoms with Crippen molar-refractivity contribution in [2.75, 3.05) is 12.4 Å². The fourth-order valence-electron chi connectivity index (χ4n) is 1.35. The van der Waals surface area contributed by atoms with E-state index >= 15 is 0 Å². The number of carbonyl (C=O) groups excluding carboxylic acids is 3. The second kappa shape index (κ2) is 6.42. The Morgan fingerprint density at radius 2 is 2.12 bits per heavy atom. The fraction of sp³-hybridized carbons (Fsp3) is 0.250. The monoisotopic (exact) mass is 235 g/mol. The Balaban J connectivity index is 2.92. The van der Waals surface area contributed by atoms with E-state index in [1.807, 2.05) is 0 Å². The third kappa shape index (κ3) is 3.41. The highest BCUT2D eigenvalue weighted by Gasteiger charge is 2.14. The number of methoxy groups -OCH3 is 1. The number of aldehydes is 2. The van der Waals surface area contributed by atoms with Crippen molar-refractivity contribution in [3.8, 4) is 0 Å². The Labute approximate surface area is 98.8 Å². The van der Waals surface area contributed by atoms with Gasteiger partial charge in [0.05, 0.1) is 18.7 Å². The highest BCUT2D eigenvalue weighted by molar-refractivity contribution is 5.96. The van der Waals surface area contributed by atoms with Crippen LogP contribution in [-0.2, 0) is 14.3 Å². The molecule has 1 aromatic carbocycles. The molecule has 1 aromatic rings. The maximum absolute atomic E-state index is 11.4. The number of carbonyl (C=O) groups is 3. The molecule has 1 N–H and O–H groups in total. The summed E-state index contributed by atoms with van der Waals surface area (Å²) in [7, 11) is 1.28. The summed E-state index contributed by atoms with van der Waals surface area (Å²) >= 11 is 0. The van der Waals surface area contributed by atoms with E-state index in [1.165, 1.54) is 7.11 Å². The van der Waals surface area contributed by atoms with Gasteiger partial charge in [-0.25, -0.2) is 4.79 Å². The predicted octanol–water partition coefficient (Wildman–Crippen LogP) is 1.04. The molecule has 0 amide bonds. The average molecular weight is 235 g/mol. The van der Waals surface area contributed by atoms with Crippen LogP contribution in [0.5, 0.6) is 0 Å². The number of hydrogen-bond donors (Lipinski definition) is 1. The van der Waals surface area contributed by atoms with Gasteiger partial charge in [0.2, 0.25) is 0 Å². The normalized spacial score (nSPS) is 11.4. The van der Waals surface area contributed by atoms with Crippen molar-refractivity contribution in [1.82, 2.24) is 0 Å². The minimum atomic E-state index is -0.640. The number of anilines is 1. The number of nitrogens with one attached hydrogen (secondary N) is 1. The van der Waals surface area contributed by atoms with Crippen LogP contribution in [0.1, 0.15) is 16.8 Å². The summed E-state index contributed by atoms with van der Waals surface area (Å²) in [6.45, 7) is 0. The standard InChI is InChI=1S/C12H13NO4/c1-17-12(16)10-4-2-3-5-11(10)13-9(8-15)6-7-14/h2-5,7-9,13H,6H2,1H3. The summed E-state index contributed by atoms with van der Waals surface area (Å²) < 4.78 is 4.62. The van der Waals surface area contributed by atoms with Crippen molar-refractivity contribution in [2.45, 2.75) is 12.5 Å². The van der Waals surface area contributed by atoms with Crippen LogP contribution in [-0.4, -0.2) is 31.7 Å². The molecular weight excluding hydrogens is 222 g/mol. The minimum absolute atomic E-state index is 0.0546. The van der Waals surface area contributed by atoms with Crippen molar-refractivity contribution < 1.29 is 19.1 Å². The highest BCUT2D eigenvalue weighted by Crippen LogP contribution is 2.17. The zero-order chi connectivity index (χ0) is 12.7. The Morgan fingerprint density at radius 1 is 1.41 bits per heavy atom. The van der Waals surface area contributed by atoms with Gasteiger partial charge in [0, 0.05) is 12.1 Å². The first-order chi connectivity index (χ1) is 8.22. The summed E-state index contributed by atoms with van der Waals surface area (Å²) in [6, 6.07) is 5.99. The van der Waals surface area contributed by atoms with Gasteiger partial charge in [-0.15, -0.1) is 0 Å². The molecule has 1 rings (SSSR count). The summed E-state index contributed by atoms with van der Waals surface area (Å²) in [5.74, 6) is -0.496. The van der Waals surface area contributed by atoms with Crippen LogP contribution in [0, 0.1) is 0 Å². The Bertz CT molecular complexity index is 417. The van der Waals surface area contributed by atoms with Crippen molar-refractivity contribution in [3.05, 3.63) is 29.8 Å². The smallest absolute Gasteiger partial charge is 0.339 e. The van der Waals surface area contributed by atoms with Gasteiger partial charge in [-0.3, -0.25) is 0 Å². The topological polar surface area (TPSA) is 72.5 Å². The van der Waals surface area contributed by atoms with Gasteiger partial charge in [-0.1, -0.05) is 12.1 Å². The zero-order valence-corrected chi connectivity index (χ0v) is 9.38. The third-order valence-electron chi connectivity index (χ3n) is 2.19. The van der Waals surface area contributed by atoms with Gasteiger partial charge in [-0.05, 0) is 12.1 Å². The molecule has 0 heterocycles. The number of rotatable bonds is 6. The van der Waals surface area contributed by atoms with E-state index in [0.717, 1.165) is 0 Å². The van der Waals surface area contributed by atoms with Crippen LogP contribution in [0.25, 0.3) is 0 Å². The van der Waals surface area contributed by atoms with E-state index in [4.69, 9.17) is 0 Å². The van der Waals surface area contributed by atoms with E-state index in [0.29, 0.717) is 23.8 Å². The summed E-state index contributed by atoms with van der Waals surface area (Å²) in [5.41, 5.74) is 0.797. The van der Waals surface area contributed by atoms with Crippen molar-refractivity contribution >= 4 is 24.2 Å². The molecule has 0 saturated heterocycles. The van der Waals surface area contributed by atoms with Crippen LogP contribution in [0.15, 0.2) is 24.3 Å². The molecular formula is C12H13NO4. The molecule has 0 aliphatic carbocycles. The van der Waals surface area contributed by atoms with Gasteiger partial charge in [0.25, 0.3) is 0 Å². The third-order valence-corrected chi connectivity index (χ3v) is 2.19. The molecule has 17 heavy (non-hydrogen) atoms. The molecule has 0 aliphatic heterocycles. The highest BCUT2D eigenvalue weighted by atomic mass is 16.5. The van der Waals surface area contributed by atoms with E-state index < -0.39 is 12.0 Å². The molecule has 1 unspecified atom stereocenters. The quantitative estimate of drug-likeness (QED) is 0.589. The van der Waals surface area contributed by atoms with E-state index in [9.17, 15) is 14.4 Å². The van der Waals surface area contributed by atoms with Crippen LogP contribution in [0.3, 0.4) is 0 Å². The number of hydrogen-bond acceptors (Lipinski definition) is 5. The van der Waals surface area contributed by atoms with E-state index in [-0.39, 0.29) is 6.42 Å². The second-order valence-corrected chi connectivity index (χ2v) is 3.33. The molecule has 0 spiro atoms. The largest absolute Gasteiger partial charge is 0.465 e. The van der Waals surface area contributed by atoms with Crippen LogP contribution < -0.4 is 5.32 Å². The average Bonchev–Trinajstić information content (AvgIpc) is 2.38. The first-order valence-corrected chi connectivity index (χ1v) is 5.05. The van der Waals surface area contributed by atoms with Crippen LogP contribution in [0.4, 0.5) is 5.69 Å². The van der Waals surface area contributed by atoms with E-state index in [1.54, 1.807) is 24.3 Å². The van der Waals surface area contributed by atoms with Gasteiger partial charge < -0.3 is 19.6 Å². The Hall–Kier alpha value is -2.17. The number of benzene rings is 1. The Kier molecular flexibility index (Phi) is 4.87. The van der Waals surface area contributed by atoms with Crippen molar-refractivity contribution in [3.63, 3.8) is 0 Å². The SMILES string of the molecule is COC(=O)c1ccccc1NC(C=O)CC=O. The minimum Gasteiger partial charge on any atom is -0.465 e. The van der Waals surface area contributed by atoms with Gasteiger partial charge in [0.15, 0.2) is 0 Å².